The molecule has 3 aromatic rings. The van der Waals surface area contributed by atoms with Crippen molar-refractivity contribution in [3.05, 3.63) is 47.0 Å². The zero-order valence-electron chi connectivity index (χ0n) is 13.8. The number of aromatic nitrogens is 5. The summed E-state index contributed by atoms with van der Waals surface area (Å²) in [7, 11) is 1.60. The van der Waals surface area contributed by atoms with Crippen LogP contribution in [-0.2, 0) is 16.1 Å². The fourth-order valence-electron chi connectivity index (χ4n) is 2.35. The molecule has 2 aromatic heterocycles. The van der Waals surface area contributed by atoms with Gasteiger partial charge in [0.25, 0.3) is 5.56 Å². The number of benzene rings is 1. The maximum absolute atomic E-state index is 12.5. The fourth-order valence-corrected chi connectivity index (χ4v) is 2.35. The average Bonchev–Trinajstić information content (AvgIpc) is 3.07. The van der Waals surface area contributed by atoms with E-state index in [1.807, 2.05) is 30.3 Å². The molecule has 3 rings (SSSR count). The summed E-state index contributed by atoms with van der Waals surface area (Å²) in [6, 6.07) is 9.29. The van der Waals surface area contributed by atoms with Gasteiger partial charge in [-0.15, -0.1) is 5.10 Å². The van der Waals surface area contributed by atoms with Crippen LogP contribution in [0, 0.1) is 0 Å². The highest BCUT2D eigenvalue weighted by Crippen LogP contribution is 2.10. The third-order valence-corrected chi connectivity index (χ3v) is 3.59. The molecule has 0 spiro atoms. The Kier molecular flexibility index (Phi) is 5.14. The normalized spacial score (nSPS) is 10.9. The van der Waals surface area contributed by atoms with Gasteiger partial charge in [0.2, 0.25) is 5.91 Å². The molecule has 0 aliphatic carbocycles. The topological polar surface area (TPSA) is 104 Å². The van der Waals surface area contributed by atoms with Gasteiger partial charge in [-0.2, -0.15) is 4.68 Å². The summed E-state index contributed by atoms with van der Waals surface area (Å²) in [4.78, 5) is 28.6. The Morgan fingerprint density at radius 3 is 2.84 bits per heavy atom. The van der Waals surface area contributed by atoms with Gasteiger partial charge in [-0.25, -0.2) is 4.98 Å². The van der Waals surface area contributed by atoms with E-state index in [0.717, 1.165) is 5.69 Å². The molecule has 1 aromatic carbocycles. The van der Waals surface area contributed by atoms with Crippen molar-refractivity contribution in [2.75, 3.05) is 20.3 Å². The van der Waals surface area contributed by atoms with E-state index < -0.39 is 5.56 Å². The summed E-state index contributed by atoms with van der Waals surface area (Å²) in [5.41, 5.74) is 0.830. The lowest BCUT2D eigenvalue weighted by molar-refractivity contribution is -0.121. The Hall–Kier alpha value is -3.07. The Balaban J connectivity index is 1.79. The van der Waals surface area contributed by atoms with Crippen LogP contribution in [0.1, 0.15) is 6.42 Å². The number of ether oxygens (including phenoxy) is 1. The van der Waals surface area contributed by atoms with Crippen LogP contribution in [0.25, 0.3) is 16.9 Å². The highest BCUT2D eigenvalue weighted by atomic mass is 16.5. The number of hydrogen-bond donors (Lipinski definition) is 1. The Morgan fingerprint density at radius 1 is 1.28 bits per heavy atom. The number of rotatable bonds is 7. The Bertz CT molecular complexity index is 919. The molecular weight excluding hydrogens is 324 g/mol. The van der Waals surface area contributed by atoms with Crippen molar-refractivity contribution in [2.45, 2.75) is 13.0 Å². The van der Waals surface area contributed by atoms with Crippen LogP contribution in [0.2, 0.25) is 0 Å². The second-order valence-electron chi connectivity index (χ2n) is 5.38. The third kappa shape index (κ3) is 3.72. The molecular formula is C16H18N6O3. The van der Waals surface area contributed by atoms with Crippen LogP contribution < -0.4 is 10.9 Å². The van der Waals surface area contributed by atoms with Gasteiger partial charge in [-0.3, -0.25) is 14.2 Å². The van der Waals surface area contributed by atoms with Crippen molar-refractivity contribution >= 4 is 17.1 Å². The molecule has 0 aliphatic rings. The van der Waals surface area contributed by atoms with Gasteiger partial charge in [-0.1, -0.05) is 23.4 Å². The fraction of sp³-hybridized carbons (Fsp3) is 0.312. The minimum absolute atomic E-state index is 0.118. The van der Waals surface area contributed by atoms with Gasteiger partial charge in [-0.05, 0) is 18.6 Å². The first-order valence-electron chi connectivity index (χ1n) is 7.82. The lowest BCUT2D eigenvalue weighted by atomic mass is 10.3. The van der Waals surface area contributed by atoms with Crippen LogP contribution in [0.5, 0.6) is 0 Å². The van der Waals surface area contributed by atoms with Crippen molar-refractivity contribution in [3.8, 4) is 5.69 Å². The van der Waals surface area contributed by atoms with Crippen molar-refractivity contribution < 1.29 is 9.53 Å². The Morgan fingerprint density at radius 2 is 2.08 bits per heavy atom. The number of nitrogens with zero attached hydrogens (tertiary/aromatic N) is 5. The molecule has 0 fully saturated rings. The molecule has 1 amide bonds. The minimum atomic E-state index is -0.403. The SMILES string of the molecule is COCCCNC(=O)Cn1cnc2c(nnn2-c2ccccc2)c1=O. The van der Waals surface area contributed by atoms with Gasteiger partial charge >= 0.3 is 0 Å². The summed E-state index contributed by atoms with van der Waals surface area (Å²) in [6.45, 7) is 0.935. The van der Waals surface area contributed by atoms with Crippen LogP contribution >= 0.6 is 0 Å². The Labute approximate surface area is 143 Å². The quantitative estimate of drug-likeness (QED) is 0.612. The van der Waals surface area contributed by atoms with E-state index in [4.69, 9.17) is 4.74 Å². The summed E-state index contributed by atoms with van der Waals surface area (Å²) < 4.78 is 7.63. The zero-order valence-corrected chi connectivity index (χ0v) is 13.8. The second kappa shape index (κ2) is 7.67. The standard InChI is InChI=1S/C16H18N6O3/c1-25-9-5-8-17-13(23)10-21-11-18-15-14(16(21)24)19-20-22(15)12-6-3-2-4-7-12/h2-4,6-7,11H,5,8-10H2,1H3,(H,17,23). The van der Waals surface area contributed by atoms with Gasteiger partial charge in [0.15, 0.2) is 11.2 Å². The lowest BCUT2D eigenvalue weighted by Gasteiger charge is -2.07. The molecule has 130 valence electrons. The van der Waals surface area contributed by atoms with Crippen LogP contribution in [0.15, 0.2) is 41.5 Å². The molecule has 0 atom stereocenters. The molecule has 0 saturated heterocycles. The van der Waals surface area contributed by atoms with E-state index in [1.54, 1.807) is 7.11 Å². The van der Waals surface area contributed by atoms with Gasteiger partial charge in [0.1, 0.15) is 12.9 Å². The van der Waals surface area contributed by atoms with Gasteiger partial charge in [0.05, 0.1) is 5.69 Å². The van der Waals surface area contributed by atoms with Crippen molar-refractivity contribution in [1.82, 2.24) is 29.9 Å². The average molecular weight is 342 g/mol. The largest absolute Gasteiger partial charge is 0.385 e. The number of fused-ring (bicyclic) bond motifs is 1. The van der Waals surface area contributed by atoms with Crippen LogP contribution in [-0.4, -0.2) is 50.7 Å². The molecule has 25 heavy (non-hydrogen) atoms. The molecule has 2 heterocycles. The van der Waals surface area contributed by atoms with E-state index in [2.05, 4.69) is 20.6 Å². The van der Waals surface area contributed by atoms with Gasteiger partial charge < -0.3 is 10.1 Å². The monoisotopic (exact) mass is 342 g/mol. The van der Waals surface area contributed by atoms with Crippen LogP contribution in [0.3, 0.4) is 0 Å². The number of amides is 1. The number of carbonyl (C=O) groups excluding carboxylic acids is 1. The molecule has 0 aliphatic heterocycles. The van der Waals surface area contributed by atoms with Crippen molar-refractivity contribution in [3.63, 3.8) is 0 Å². The number of para-hydroxylation sites is 1. The highest BCUT2D eigenvalue weighted by molar-refractivity contribution is 5.76. The first kappa shape index (κ1) is 16.8. The molecule has 0 bridgehead atoms. The van der Waals surface area contributed by atoms with E-state index >= 15 is 0 Å². The first-order valence-corrected chi connectivity index (χ1v) is 7.82. The summed E-state index contributed by atoms with van der Waals surface area (Å²) in [5, 5.41) is 10.6. The van der Waals surface area contributed by atoms with E-state index in [-0.39, 0.29) is 18.0 Å². The molecule has 0 unspecified atom stereocenters. The number of nitrogens with one attached hydrogen (secondary N) is 1. The van der Waals surface area contributed by atoms with E-state index in [9.17, 15) is 9.59 Å². The summed E-state index contributed by atoms with van der Waals surface area (Å²) >= 11 is 0. The predicted molar refractivity (Wildman–Crippen MR) is 90.4 cm³/mol. The van der Waals surface area contributed by atoms with E-state index in [0.29, 0.717) is 25.2 Å². The van der Waals surface area contributed by atoms with E-state index in [1.165, 1.54) is 15.6 Å². The number of methoxy groups -OCH3 is 1. The summed E-state index contributed by atoms with van der Waals surface area (Å²) in [5.74, 6) is -0.269. The van der Waals surface area contributed by atoms with Crippen LogP contribution in [0.4, 0.5) is 0 Å². The first-order chi connectivity index (χ1) is 12.2. The van der Waals surface area contributed by atoms with Crippen molar-refractivity contribution in [1.29, 1.82) is 0 Å². The summed E-state index contributed by atoms with van der Waals surface area (Å²) in [6.07, 6.45) is 2.04. The lowest BCUT2D eigenvalue weighted by Crippen LogP contribution is -2.33. The molecule has 1 N–H and O–H groups in total. The smallest absolute Gasteiger partial charge is 0.284 e. The molecule has 9 nitrogen and oxygen atoms in total. The molecule has 9 heteroatoms. The van der Waals surface area contributed by atoms with Crippen molar-refractivity contribution in [2.24, 2.45) is 0 Å². The maximum atomic E-state index is 12.5. The second-order valence-corrected chi connectivity index (χ2v) is 5.38. The third-order valence-electron chi connectivity index (χ3n) is 3.59. The van der Waals surface area contributed by atoms with Gasteiger partial charge in [0, 0.05) is 20.3 Å². The number of carbonyl (C=O) groups is 1. The highest BCUT2D eigenvalue weighted by Gasteiger charge is 2.14. The molecule has 0 saturated carbocycles. The predicted octanol–water partition coefficient (Wildman–Crippen LogP) is 0.130. The number of hydrogen-bond acceptors (Lipinski definition) is 6. The minimum Gasteiger partial charge on any atom is -0.385 e. The molecule has 0 radical (unpaired) electrons. The zero-order chi connectivity index (χ0) is 17.6. The maximum Gasteiger partial charge on any atom is 0.284 e.